The molecule has 2 heterocycles. The quantitative estimate of drug-likeness (QED) is 0.796. The molecule has 1 amide bonds. The van der Waals surface area contributed by atoms with E-state index in [1.54, 1.807) is 18.1 Å². The number of nitrogens with one attached hydrogen (secondary N) is 1. The topological polar surface area (TPSA) is 83.3 Å². The van der Waals surface area contributed by atoms with Gasteiger partial charge in [-0.1, -0.05) is 11.8 Å². The molecule has 1 aliphatic rings. The fraction of sp³-hybridized carbons (Fsp3) is 0.700. The number of halogens is 1. The third kappa shape index (κ3) is 4.55. The van der Waals surface area contributed by atoms with Crippen LogP contribution in [-0.4, -0.2) is 62.3 Å². The molecule has 2 N–H and O–H groups in total. The van der Waals surface area contributed by atoms with Crippen LogP contribution in [-0.2, 0) is 7.05 Å². The Hall–Kier alpha value is -0.990. The summed E-state index contributed by atoms with van der Waals surface area (Å²) in [5.74, 6) is 0.900. The molecule has 1 fully saturated rings. The molecular formula is C10H18ClN5O2S. The first-order chi connectivity index (χ1) is 8.66. The van der Waals surface area contributed by atoms with Crippen LogP contribution >= 0.6 is 24.2 Å². The Balaban J connectivity index is 0.00000180. The van der Waals surface area contributed by atoms with Gasteiger partial charge in [0, 0.05) is 38.5 Å². The van der Waals surface area contributed by atoms with E-state index in [1.165, 1.54) is 4.90 Å². The molecule has 0 aliphatic carbocycles. The van der Waals surface area contributed by atoms with E-state index < -0.39 is 6.09 Å². The Morgan fingerprint density at radius 2 is 2.47 bits per heavy atom. The highest BCUT2D eigenvalue weighted by molar-refractivity contribution is 7.99. The van der Waals surface area contributed by atoms with Crippen LogP contribution in [0, 0.1) is 0 Å². The van der Waals surface area contributed by atoms with E-state index in [4.69, 9.17) is 5.11 Å². The number of hydrogen-bond donors (Lipinski definition) is 2. The van der Waals surface area contributed by atoms with Crippen molar-refractivity contribution in [1.82, 2.24) is 25.0 Å². The maximum absolute atomic E-state index is 10.9. The Bertz CT molecular complexity index is 416. The molecule has 1 atom stereocenters. The fourth-order valence-corrected chi connectivity index (χ4v) is 2.83. The predicted molar refractivity (Wildman–Crippen MR) is 75.0 cm³/mol. The van der Waals surface area contributed by atoms with E-state index in [0.29, 0.717) is 13.1 Å². The lowest BCUT2D eigenvalue weighted by molar-refractivity contribution is 0.128. The Morgan fingerprint density at radius 1 is 1.68 bits per heavy atom. The van der Waals surface area contributed by atoms with E-state index in [9.17, 15) is 4.79 Å². The van der Waals surface area contributed by atoms with Gasteiger partial charge in [0.05, 0.1) is 0 Å². The Morgan fingerprint density at radius 3 is 3.11 bits per heavy atom. The van der Waals surface area contributed by atoms with Crippen molar-refractivity contribution in [3.8, 4) is 0 Å². The first-order valence-corrected chi connectivity index (χ1v) is 6.83. The monoisotopic (exact) mass is 307 g/mol. The molecule has 0 spiro atoms. The molecule has 0 unspecified atom stereocenters. The summed E-state index contributed by atoms with van der Waals surface area (Å²) in [7, 11) is 1.91. The van der Waals surface area contributed by atoms with Gasteiger partial charge in [0.15, 0.2) is 5.16 Å². The van der Waals surface area contributed by atoms with Crippen LogP contribution in [0.4, 0.5) is 4.79 Å². The minimum absolute atomic E-state index is 0. The van der Waals surface area contributed by atoms with Crippen LogP contribution < -0.4 is 5.32 Å². The molecule has 0 radical (unpaired) electrons. The van der Waals surface area contributed by atoms with Crippen LogP contribution in [0.25, 0.3) is 0 Å². The first kappa shape index (κ1) is 16.1. The zero-order chi connectivity index (χ0) is 13.0. The third-order valence-electron chi connectivity index (χ3n) is 2.89. The summed E-state index contributed by atoms with van der Waals surface area (Å²) in [4.78, 5) is 12.3. The second-order valence-corrected chi connectivity index (χ2v) is 5.30. The van der Waals surface area contributed by atoms with Gasteiger partial charge >= 0.3 is 6.09 Å². The average Bonchev–Trinajstić information content (AvgIpc) is 2.76. The van der Waals surface area contributed by atoms with E-state index in [0.717, 1.165) is 23.9 Å². The van der Waals surface area contributed by atoms with Crippen LogP contribution in [0.2, 0.25) is 0 Å². The second kappa shape index (κ2) is 7.56. The Labute approximate surface area is 122 Å². The van der Waals surface area contributed by atoms with Crippen molar-refractivity contribution in [2.75, 3.05) is 25.4 Å². The summed E-state index contributed by atoms with van der Waals surface area (Å²) in [5.41, 5.74) is 0. The van der Waals surface area contributed by atoms with Crippen LogP contribution in [0.5, 0.6) is 0 Å². The summed E-state index contributed by atoms with van der Waals surface area (Å²) in [6.07, 6.45) is 1.76. The smallest absolute Gasteiger partial charge is 0.407 e. The van der Waals surface area contributed by atoms with Gasteiger partial charge in [0.2, 0.25) is 0 Å². The van der Waals surface area contributed by atoms with Gasteiger partial charge in [-0.2, -0.15) is 0 Å². The molecule has 1 aromatic heterocycles. The molecule has 2 rings (SSSR count). The number of aromatic nitrogens is 3. The first-order valence-electron chi connectivity index (χ1n) is 5.85. The highest BCUT2D eigenvalue weighted by Gasteiger charge is 2.22. The molecule has 0 saturated carbocycles. The molecule has 108 valence electrons. The molecule has 0 bridgehead atoms. The minimum Gasteiger partial charge on any atom is -0.465 e. The van der Waals surface area contributed by atoms with Crippen molar-refractivity contribution < 1.29 is 9.90 Å². The second-order valence-electron chi connectivity index (χ2n) is 4.24. The van der Waals surface area contributed by atoms with Crippen LogP contribution in [0.1, 0.15) is 6.42 Å². The number of rotatable bonds is 4. The normalized spacial score (nSPS) is 19.0. The third-order valence-corrected chi connectivity index (χ3v) is 3.96. The molecular weight excluding hydrogens is 290 g/mol. The van der Waals surface area contributed by atoms with Crippen molar-refractivity contribution in [1.29, 1.82) is 0 Å². The van der Waals surface area contributed by atoms with Crippen LogP contribution in [0.3, 0.4) is 0 Å². The molecule has 1 aromatic rings. The number of hydrogen-bond acceptors (Lipinski definition) is 5. The molecule has 1 saturated heterocycles. The average molecular weight is 308 g/mol. The largest absolute Gasteiger partial charge is 0.465 e. The van der Waals surface area contributed by atoms with Crippen molar-refractivity contribution in [2.24, 2.45) is 7.05 Å². The standard InChI is InChI=1S/C10H17N5O2S.ClH/c1-14-7-12-13-9(14)18-5-2-8-6-15(10(16)17)4-3-11-8;/h7-8,11H,2-6H2,1H3,(H,16,17);1H/t8-;/m1./s1. The van der Waals surface area contributed by atoms with E-state index in [1.807, 2.05) is 11.6 Å². The summed E-state index contributed by atoms with van der Waals surface area (Å²) in [6.45, 7) is 1.86. The number of nitrogens with zero attached hydrogens (tertiary/aromatic N) is 4. The molecule has 7 nitrogen and oxygen atoms in total. The van der Waals surface area contributed by atoms with Crippen molar-refractivity contribution in [3.63, 3.8) is 0 Å². The zero-order valence-electron chi connectivity index (χ0n) is 10.7. The summed E-state index contributed by atoms with van der Waals surface area (Å²) >= 11 is 1.64. The zero-order valence-corrected chi connectivity index (χ0v) is 12.3. The van der Waals surface area contributed by atoms with E-state index in [2.05, 4.69) is 15.5 Å². The number of piperazine rings is 1. The van der Waals surface area contributed by atoms with E-state index >= 15 is 0 Å². The maximum atomic E-state index is 10.9. The summed E-state index contributed by atoms with van der Waals surface area (Å²) in [5, 5.41) is 21.0. The van der Waals surface area contributed by atoms with Crippen LogP contribution in [0.15, 0.2) is 11.5 Å². The number of carbonyl (C=O) groups is 1. The van der Waals surface area contributed by atoms with Gasteiger partial charge in [0.25, 0.3) is 0 Å². The highest BCUT2D eigenvalue weighted by Crippen LogP contribution is 2.16. The predicted octanol–water partition coefficient (Wildman–Crippen LogP) is 0.671. The Kier molecular flexibility index (Phi) is 6.40. The van der Waals surface area contributed by atoms with Crippen molar-refractivity contribution in [3.05, 3.63) is 6.33 Å². The van der Waals surface area contributed by atoms with Gasteiger partial charge in [-0.25, -0.2) is 4.79 Å². The number of carboxylic acid groups (broad SMARTS) is 1. The van der Waals surface area contributed by atoms with Crippen molar-refractivity contribution >= 4 is 30.3 Å². The lowest BCUT2D eigenvalue weighted by Crippen LogP contribution is -2.52. The van der Waals surface area contributed by atoms with Gasteiger partial charge in [-0.15, -0.1) is 22.6 Å². The molecule has 9 heteroatoms. The highest BCUT2D eigenvalue weighted by atomic mass is 35.5. The molecule has 1 aliphatic heterocycles. The lowest BCUT2D eigenvalue weighted by Gasteiger charge is -2.31. The number of amides is 1. The van der Waals surface area contributed by atoms with Crippen molar-refractivity contribution in [2.45, 2.75) is 17.6 Å². The number of thioether (sulfide) groups is 1. The fourth-order valence-electron chi connectivity index (χ4n) is 1.89. The van der Waals surface area contributed by atoms with E-state index in [-0.39, 0.29) is 18.4 Å². The summed E-state index contributed by atoms with van der Waals surface area (Å²) < 4.78 is 1.88. The maximum Gasteiger partial charge on any atom is 0.407 e. The number of aryl methyl sites for hydroxylation is 1. The SMILES string of the molecule is Cl.Cn1cnnc1SCC[C@@H]1CN(C(=O)O)CCN1. The van der Waals surface area contributed by atoms with Gasteiger partial charge in [0.1, 0.15) is 6.33 Å². The van der Waals surface area contributed by atoms with Gasteiger partial charge in [-0.05, 0) is 6.42 Å². The molecule has 0 aromatic carbocycles. The lowest BCUT2D eigenvalue weighted by atomic mass is 10.2. The minimum atomic E-state index is -0.831. The molecule has 19 heavy (non-hydrogen) atoms. The van der Waals surface area contributed by atoms with Gasteiger partial charge in [-0.3, -0.25) is 0 Å². The van der Waals surface area contributed by atoms with Gasteiger partial charge < -0.3 is 19.9 Å². The summed E-state index contributed by atoms with van der Waals surface area (Å²) in [6, 6.07) is 0.232.